The summed E-state index contributed by atoms with van der Waals surface area (Å²) in [5.74, 6) is 0.944. The number of carbonyl (C=O) groups excluding carboxylic acids is 1. The number of ether oxygens (including phenoxy) is 1. The van der Waals surface area contributed by atoms with E-state index >= 15 is 0 Å². The van der Waals surface area contributed by atoms with Crippen molar-refractivity contribution in [1.82, 2.24) is 9.88 Å². The minimum Gasteiger partial charge on any atom is -0.457 e. The number of anilines is 1. The van der Waals surface area contributed by atoms with Crippen LogP contribution in [0.15, 0.2) is 104 Å². The molecule has 0 aliphatic carbocycles. The smallest absolute Gasteiger partial charge is 0.256 e. The van der Waals surface area contributed by atoms with Crippen molar-refractivity contribution in [3.8, 4) is 16.9 Å². The van der Waals surface area contributed by atoms with Gasteiger partial charge in [-0.25, -0.2) is 0 Å². The van der Waals surface area contributed by atoms with Crippen molar-refractivity contribution in [3.05, 3.63) is 131 Å². The van der Waals surface area contributed by atoms with Gasteiger partial charge in [-0.2, -0.15) is 0 Å². The zero-order chi connectivity index (χ0) is 28.8. The molecule has 4 rings (SSSR count). The molecule has 0 aliphatic heterocycles. The Morgan fingerprint density at radius 2 is 1.73 bits per heavy atom. The number of hydrogen-bond acceptors (Lipinski definition) is 4. The predicted octanol–water partition coefficient (Wildman–Crippen LogP) is 8.39. The number of carbonyl (C=O) groups is 1. The van der Waals surface area contributed by atoms with Gasteiger partial charge < -0.3 is 14.5 Å². The summed E-state index contributed by atoms with van der Waals surface area (Å²) in [5.41, 5.74) is 5.11. The molecule has 1 amide bonds. The Balaban J connectivity index is 1.60. The van der Waals surface area contributed by atoms with Crippen molar-refractivity contribution in [2.75, 3.05) is 19.0 Å². The van der Waals surface area contributed by atoms with Crippen LogP contribution in [0, 0.1) is 0 Å². The second kappa shape index (κ2) is 12.9. The van der Waals surface area contributed by atoms with Crippen LogP contribution in [0.3, 0.4) is 0 Å². The highest BCUT2D eigenvalue weighted by Crippen LogP contribution is 2.30. The van der Waals surface area contributed by atoms with E-state index in [0.29, 0.717) is 33.7 Å². The fourth-order valence-corrected chi connectivity index (χ4v) is 4.56. The van der Waals surface area contributed by atoms with Crippen LogP contribution >= 0.6 is 23.2 Å². The maximum atomic E-state index is 14.0. The highest BCUT2D eigenvalue weighted by Gasteiger charge is 2.24. The first kappa shape index (κ1) is 28.9. The fraction of sp³-hybridized carbons (Fsp3) is 0.152. The summed E-state index contributed by atoms with van der Waals surface area (Å²) in [7, 11) is 3.87. The molecule has 1 atom stereocenters. The van der Waals surface area contributed by atoms with Crippen molar-refractivity contribution in [2.45, 2.75) is 19.5 Å². The Kier molecular flexibility index (Phi) is 9.30. The van der Waals surface area contributed by atoms with Crippen molar-refractivity contribution in [3.63, 3.8) is 0 Å². The van der Waals surface area contributed by atoms with E-state index in [0.717, 1.165) is 27.9 Å². The van der Waals surface area contributed by atoms with E-state index in [-0.39, 0.29) is 11.9 Å². The second-order valence-electron chi connectivity index (χ2n) is 9.57. The zero-order valence-electron chi connectivity index (χ0n) is 22.8. The molecule has 0 spiro atoms. The number of hydrogen-bond donors (Lipinski definition) is 0. The lowest BCUT2D eigenvalue weighted by Gasteiger charge is -2.29. The molecule has 0 radical (unpaired) electrons. The van der Waals surface area contributed by atoms with Gasteiger partial charge in [0.1, 0.15) is 11.5 Å². The van der Waals surface area contributed by atoms with E-state index < -0.39 is 0 Å². The lowest BCUT2D eigenvalue weighted by atomic mass is 10.0. The Labute approximate surface area is 245 Å². The van der Waals surface area contributed by atoms with Crippen LogP contribution in [0.4, 0.5) is 5.69 Å². The number of rotatable bonds is 10. The summed E-state index contributed by atoms with van der Waals surface area (Å²) in [4.78, 5) is 21.9. The van der Waals surface area contributed by atoms with Crippen molar-refractivity contribution >= 4 is 40.6 Å². The van der Waals surface area contributed by atoms with Gasteiger partial charge in [-0.05, 0) is 78.2 Å². The topological polar surface area (TPSA) is 45.7 Å². The lowest BCUT2D eigenvalue weighted by molar-refractivity contribution is 0.0710. The standard InChI is InChI=1S/C33H31Cl2N3O2/c1-6-22(2)38(33(39)29-12-10-27(20-32(29)37(4)5)25-14-16-36-17-15-25)21-24-8-7-9-28(18-24)40-23(3)26-11-13-30(34)31(35)19-26/h6-20,22H,1,3,21H2,2,4-5H3/t22-/m1/s1. The Morgan fingerprint density at radius 3 is 2.40 bits per heavy atom. The van der Waals surface area contributed by atoms with Crippen LogP contribution in [0.5, 0.6) is 5.75 Å². The quantitative estimate of drug-likeness (QED) is 0.141. The molecule has 7 heteroatoms. The van der Waals surface area contributed by atoms with Crippen LogP contribution in [-0.2, 0) is 6.54 Å². The summed E-state index contributed by atoms with van der Waals surface area (Å²) in [6, 6.07) is 22.4. The Bertz CT molecular complexity index is 1540. The molecule has 0 aliphatic rings. The number of aromatic nitrogens is 1. The average Bonchev–Trinajstić information content (AvgIpc) is 2.96. The van der Waals surface area contributed by atoms with Crippen LogP contribution in [0.2, 0.25) is 10.0 Å². The third-order valence-electron chi connectivity index (χ3n) is 6.55. The van der Waals surface area contributed by atoms with Crippen molar-refractivity contribution in [1.29, 1.82) is 0 Å². The number of pyridine rings is 1. The minimum absolute atomic E-state index is 0.0936. The first-order valence-corrected chi connectivity index (χ1v) is 13.5. The van der Waals surface area contributed by atoms with Gasteiger partial charge in [0.15, 0.2) is 0 Å². The van der Waals surface area contributed by atoms with Crippen LogP contribution in [-0.4, -0.2) is 35.9 Å². The van der Waals surface area contributed by atoms with Crippen LogP contribution in [0.25, 0.3) is 16.9 Å². The number of benzene rings is 3. The van der Waals surface area contributed by atoms with E-state index in [2.05, 4.69) is 18.1 Å². The summed E-state index contributed by atoms with van der Waals surface area (Å²) >= 11 is 12.2. The minimum atomic E-state index is -0.210. The summed E-state index contributed by atoms with van der Waals surface area (Å²) in [5, 5.41) is 0.891. The fourth-order valence-electron chi connectivity index (χ4n) is 4.26. The first-order valence-electron chi connectivity index (χ1n) is 12.7. The van der Waals surface area contributed by atoms with Gasteiger partial charge in [0.25, 0.3) is 5.91 Å². The van der Waals surface area contributed by atoms with Gasteiger partial charge in [-0.15, -0.1) is 6.58 Å². The molecular formula is C33H31Cl2N3O2. The molecule has 1 aromatic heterocycles. The molecule has 0 fully saturated rings. The van der Waals surface area contributed by atoms with Gasteiger partial charge in [0.05, 0.1) is 15.6 Å². The predicted molar refractivity (Wildman–Crippen MR) is 166 cm³/mol. The van der Waals surface area contributed by atoms with Crippen LogP contribution < -0.4 is 9.64 Å². The molecular weight excluding hydrogens is 541 g/mol. The molecule has 0 unspecified atom stereocenters. The highest BCUT2D eigenvalue weighted by molar-refractivity contribution is 6.42. The Hall–Kier alpha value is -4.06. The third-order valence-corrected chi connectivity index (χ3v) is 7.29. The Morgan fingerprint density at radius 1 is 0.975 bits per heavy atom. The molecule has 40 heavy (non-hydrogen) atoms. The number of amides is 1. The summed E-state index contributed by atoms with van der Waals surface area (Å²) < 4.78 is 6.02. The van der Waals surface area contributed by atoms with E-state index in [9.17, 15) is 4.79 Å². The monoisotopic (exact) mass is 571 g/mol. The lowest BCUT2D eigenvalue weighted by Crippen LogP contribution is -2.37. The first-order chi connectivity index (χ1) is 19.2. The van der Waals surface area contributed by atoms with E-state index in [1.807, 2.05) is 80.5 Å². The molecule has 4 aromatic rings. The zero-order valence-corrected chi connectivity index (χ0v) is 24.3. The van der Waals surface area contributed by atoms with Gasteiger partial charge >= 0.3 is 0 Å². The molecule has 1 heterocycles. The second-order valence-corrected chi connectivity index (χ2v) is 10.4. The normalized spacial score (nSPS) is 11.4. The third kappa shape index (κ3) is 6.74. The van der Waals surface area contributed by atoms with Crippen molar-refractivity contribution < 1.29 is 9.53 Å². The summed E-state index contributed by atoms with van der Waals surface area (Å²) in [6.07, 6.45) is 5.29. The van der Waals surface area contributed by atoms with Gasteiger partial charge in [-0.1, -0.05) is 54.1 Å². The largest absolute Gasteiger partial charge is 0.457 e. The highest BCUT2D eigenvalue weighted by atomic mass is 35.5. The molecule has 0 saturated carbocycles. The van der Waals surface area contributed by atoms with Gasteiger partial charge in [-0.3, -0.25) is 9.78 Å². The molecule has 204 valence electrons. The van der Waals surface area contributed by atoms with Crippen LogP contribution in [0.1, 0.15) is 28.4 Å². The molecule has 3 aromatic carbocycles. The van der Waals surface area contributed by atoms with Gasteiger partial charge in [0, 0.05) is 50.3 Å². The van der Waals surface area contributed by atoms with Crippen molar-refractivity contribution in [2.24, 2.45) is 0 Å². The molecule has 0 N–H and O–H groups in total. The molecule has 0 bridgehead atoms. The van der Waals surface area contributed by atoms with E-state index in [1.54, 1.807) is 41.6 Å². The van der Waals surface area contributed by atoms with E-state index in [1.165, 1.54) is 0 Å². The summed E-state index contributed by atoms with van der Waals surface area (Å²) in [6.45, 7) is 10.3. The van der Waals surface area contributed by atoms with E-state index in [4.69, 9.17) is 27.9 Å². The number of halogens is 2. The molecule has 0 saturated heterocycles. The molecule has 5 nitrogen and oxygen atoms in total. The van der Waals surface area contributed by atoms with Gasteiger partial charge in [0.2, 0.25) is 0 Å². The maximum Gasteiger partial charge on any atom is 0.256 e. The maximum absolute atomic E-state index is 14.0. The number of nitrogens with zero attached hydrogens (tertiary/aromatic N) is 3. The SMILES string of the molecule is C=C[C@@H](C)N(Cc1cccc(OC(=C)c2ccc(Cl)c(Cl)c2)c1)C(=O)c1ccc(-c2ccncc2)cc1N(C)C. The average molecular weight is 573 g/mol.